The van der Waals surface area contributed by atoms with Crippen molar-refractivity contribution in [3.8, 4) is 33.5 Å². The Labute approximate surface area is 298 Å². The van der Waals surface area contributed by atoms with Crippen molar-refractivity contribution in [2.75, 3.05) is 23.7 Å². The summed E-state index contributed by atoms with van der Waals surface area (Å²) in [5.41, 5.74) is 7.56. The number of nitrogens with one attached hydrogen (secondary N) is 4. The SMILES string of the molecule is CCNC(=O)Nc1nc2cc(-c3ccccn3)cc(-c3cccnc3)c2s1.CCNC(=O)Nc1nc2cc(Br)cc(-c3cccnc3)c2s1. The molecule has 0 aliphatic carbocycles. The van der Waals surface area contributed by atoms with Crippen molar-refractivity contribution < 1.29 is 9.59 Å². The van der Waals surface area contributed by atoms with Crippen LogP contribution >= 0.6 is 38.6 Å². The van der Waals surface area contributed by atoms with E-state index in [0.29, 0.717) is 23.4 Å². The first-order valence-electron chi connectivity index (χ1n) is 15.3. The quantitative estimate of drug-likeness (QED) is 0.127. The fourth-order valence-electron chi connectivity index (χ4n) is 4.90. The molecular weight excluding hydrogens is 722 g/mol. The molecule has 14 heteroatoms. The number of carbonyl (C=O) groups is 2. The number of hydrogen-bond acceptors (Lipinski definition) is 9. The summed E-state index contributed by atoms with van der Waals surface area (Å²) in [5.74, 6) is 0. The minimum absolute atomic E-state index is 0.247. The second-order valence-corrected chi connectivity index (χ2v) is 13.3. The van der Waals surface area contributed by atoms with Crippen LogP contribution in [-0.2, 0) is 0 Å². The van der Waals surface area contributed by atoms with E-state index < -0.39 is 0 Å². The van der Waals surface area contributed by atoms with Crippen molar-refractivity contribution >= 4 is 81.4 Å². The van der Waals surface area contributed by atoms with Gasteiger partial charge in [-0.25, -0.2) is 19.6 Å². The number of thiazole rings is 2. The van der Waals surface area contributed by atoms with Crippen molar-refractivity contribution in [2.45, 2.75) is 13.8 Å². The number of benzene rings is 2. The van der Waals surface area contributed by atoms with E-state index in [0.717, 1.165) is 58.4 Å². The third kappa shape index (κ3) is 8.23. The number of pyridine rings is 3. The Morgan fingerprint density at radius 3 is 1.76 bits per heavy atom. The van der Waals surface area contributed by atoms with Crippen LogP contribution in [0.2, 0.25) is 0 Å². The van der Waals surface area contributed by atoms with E-state index in [1.165, 1.54) is 22.7 Å². The summed E-state index contributed by atoms with van der Waals surface area (Å²) >= 11 is 6.41. The van der Waals surface area contributed by atoms with Crippen LogP contribution in [0.15, 0.2) is 102 Å². The average Bonchev–Trinajstić information content (AvgIpc) is 3.72. The van der Waals surface area contributed by atoms with Crippen LogP contribution in [0.4, 0.5) is 19.9 Å². The topological polar surface area (TPSA) is 147 Å². The highest BCUT2D eigenvalue weighted by Gasteiger charge is 2.15. The standard InChI is InChI=1S/C20H17N5OS.C15H13BrN4OS/c1-2-22-19(26)25-20-24-17-11-14(16-7-3-4-9-23-16)10-15(18(17)27-20)13-6-5-8-21-12-13;1-2-18-14(21)20-15-19-12-7-10(16)6-11(13(12)22-15)9-4-3-5-17-8-9/h3-12H,2H2,1H3,(H2,22,24,25,26);3-8H,2H2,1H3,(H2,18,19,20,21). The van der Waals surface area contributed by atoms with Crippen LogP contribution in [0, 0.1) is 0 Å². The largest absolute Gasteiger partial charge is 0.338 e. The molecule has 0 fully saturated rings. The predicted octanol–water partition coefficient (Wildman–Crippen LogP) is 8.82. The number of anilines is 2. The zero-order valence-corrected chi connectivity index (χ0v) is 29.6. The molecule has 0 spiro atoms. The van der Waals surface area contributed by atoms with Gasteiger partial charge in [-0.1, -0.05) is 56.8 Å². The van der Waals surface area contributed by atoms with Gasteiger partial charge in [0.1, 0.15) is 0 Å². The molecule has 5 heterocycles. The van der Waals surface area contributed by atoms with Crippen LogP contribution < -0.4 is 21.3 Å². The molecule has 0 radical (unpaired) electrons. The maximum absolute atomic E-state index is 11.9. The molecule has 2 aromatic carbocycles. The highest BCUT2D eigenvalue weighted by Crippen LogP contribution is 2.39. The fourth-order valence-corrected chi connectivity index (χ4v) is 7.30. The van der Waals surface area contributed by atoms with Crippen LogP contribution in [0.1, 0.15) is 13.8 Å². The first-order chi connectivity index (χ1) is 23.9. The third-order valence-corrected chi connectivity index (χ3v) is 9.46. The molecule has 49 heavy (non-hydrogen) atoms. The second-order valence-electron chi connectivity index (χ2n) is 10.4. The third-order valence-electron chi connectivity index (χ3n) is 6.97. The van der Waals surface area contributed by atoms with E-state index in [4.69, 9.17) is 0 Å². The van der Waals surface area contributed by atoms with E-state index >= 15 is 0 Å². The predicted molar refractivity (Wildman–Crippen MR) is 202 cm³/mol. The van der Waals surface area contributed by atoms with Gasteiger partial charge >= 0.3 is 12.1 Å². The zero-order valence-electron chi connectivity index (χ0n) is 26.4. The summed E-state index contributed by atoms with van der Waals surface area (Å²) in [6, 6.07) is 21.2. The molecule has 0 aliphatic rings. The highest BCUT2D eigenvalue weighted by molar-refractivity contribution is 9.10. The lowest BCUT2D eigenvalue weighted by Crippen LogP contribution is -2.28. The van der Waals surface area contributed by atoms with Crippen molar-refractivity contribution in [3.05, 3.63) is 102 Å². The van der Waals surface area contributed by atoms with E-state index in [2.05, 4.69) is 68.2 Å². The van der Waals surface area contributed by atoms with Gasteiger partial charge in [-0.3, -0.25) is 25.6 Å². The number of halogens is 1. The summed E-state index contributed by atoms with van der Waals surface area (Å²) in [6.07, 6.45) is 8.91. The Hall–Kier alpha value is -5.31. The van der Waals surface area contributed by atoms with E-state index in [1.807, 2.05) is 86.9 Å². The van der Waals surface area contributed by atoms with Crippen LogP contribution in [0.25, 0.3) is 53.9 Å². The molecular formula is C35H30BrN9O2S2. The van der Waals surface area contributed by atoms with Gasteiger partial charge in [0.2, 0.25) is 0 Å². The molecule has 5 aromatic heterocycles. The monoisotopic (exact) mass is 751 g/mol. The van der Waals surface area contributed by atoms with Crippen molar-refractivity contribution in [1.29, 1.82) is 0 Å². The van der Waals surface area contributed by atoms with Gasteiger partial charge < -0.3 is 10.6 Å². The maximum Gasteiger partial charge on any atom is 0.321 e. The molecule has 7 aromatic rings. The van der Waals surface area contributed by atoms with Crippen LogP contribution in [-0.4, -0.2) is 50.1 Å². The lowest BCUT2D eigenvalue weighted by atomic mass is 10.0. The smallest absolute Gasteiger partial charge is 0.321 e. The van der Waals surface area contributed by atoms with E-state index in [-0.39, 0.29) is 12.1 Å². The molecule has 4 amide bonds. The number of nitrogens with zero attached hydrogens (tertiary/aromatic N) is 5. The summed E-state index contributed by atoms with van der Waals surface area (Å²) in [5, 5.41) is 12.1. The Morgan fingerprint density at radius 2 is 1.24 bits per heavy atom. The molecule has 7 rings (SSSR count). The molecule has 0 aliphatic heterocycles. The lowest BCUT2D eigenvalue weighted by molar-refractivity contribution is 0.251. The number of carbonyl (C=O) groups excluding carboxylic acids is 2. The summed E-state index contributed by atoms with van der Waals surface area (Å²) in [6.45, 7) is 4.87. The zero-order chi connectivity index (χ0) is 34.2. The Kier molecular flexibility index (Phi) is 10.8. The fraction of sp³-hybridized carbons (Fsp3) is 0.114. The van der Waals surface area contributed by atoms with Gasteiger partial charge in [0.05, 0.1) is 26.1 Å². The van der Waals surface area contributed by atoms with Crippen molar-refractivity contribution in [3.63, 3.8) is 0 Å². The molecule has 0 saturated heterocycles. The van der Waals surface area contributed by atoms with Crippen LogP contribution in [0.3, 0.4) is 0 Å². The maximum atomic E-state index is 11.9. The number of urea groups is 2. The Morgan fingerprint density at radius 1 is 0.673 bits per heavy atom. The van der Waals surface area contributed by atoms with E-state index in [1.54, 1.807) is 18.6 Å². The van der Waals surface area contributed by atoms with Crippen molar-refractivity contribution in [2.24, 2.45) is 0 Å². The van der Waals surface area contributed by atoms with Gasteiger partial charge in [-0.05, 0) is 62.4 Å². The first kappa shape index (κ1) is 33.6. The average molecular weight is 753 g/mol. The van der Waals surface area contributed by atoms with Crippen molar-refractivity contribution in [1.82, 2.24) is 35.6 Å². The highest BCUT2D eigenvalue weighted by atomic mass is 79.9. The van der Waals surface area contributed by atoms with Gasteiger partial charge in [0.25, 0.3) is 0 Å². The summed E-state index contributed by atoms with van der Waals surface area (Å²) < 4.78 is 2.95. The number of rotatable bonds is 7. The summed E-state index contributed by atoms with van der Waals surface area (Å²) in [4.78, 5) is 45.4. The number of aromatic nitrogens is 5. The molecule has 0 unspecified atom stereocenters. The molecule has 11 nitrogen and oxygen atoms in total. The normalized spacial score (nSPS) is 10.7. The minimum Gasteiger partial charge on any atom is -0.338 e. The van der Waals surface area contributed by atoms with Gasteiger partial charge in [0, 0.05) is 76.4 Å². The molecule has 0 bridgehead atoms. The summed E-state index contributed by atoms with van der Waals surface area (Å²) in [7, 11) is 0. The van der Waals surface area contributed by atoms with Gasteiger partial charge in [-0.2, -0.15) is 0 Å². The first-order valence-corrected chi connectivity index (χ1v) is 17.7. The van der Waals surface area contributed by atoms with Gasteiger partial charge in [-0.15, -0.1) is 0 Å². The molecule has 0 atom stereocenters. The van der Waals surface area contributed by atoms with Gasteiger partial charge in [0.15, 0.2) is 10.3 Å². The Bertz CT molecular complexity index is 2210. The van der Waals surface area contributed by atoms with Crippen LogP contribution in [0.5, 0.6) is 0 Å². The molecule has 4 N–H and O–H groups in total. The number of hydrogen-bond donors (Lipinski definition) is 4. The number of amides is 4. The second kappa shape index (κ2) is 15.7. The lowest BCUT2D eigenvalue weighted by Gasteiger charge is -2.06. The van der Waals surface area contributed by atoms with E-state index in [9.17, 15) is 9.59 Å². The minimum atomic E-state index is -0.260. The molecule has 0 saturated carbocycles. The Balaban J connectivity index is 0.000000174. The molecule has 246 valence electrons. The number of fused-ring (bicyclic) bond motifs is 2.